The highest BCUT2D eigenvalue weighted by Crippen LogP contribution is 2.05. The maximum atomic E-state index is 10.7. The average Bonchev–Trinajstić information content (AvgIpc) is 2.34. The second kappa shape index (κ2) is 2.51. The van der Waals surface area contributed by atoms with Gasteiger partial charge in [-0.1, -0.05) is 5.16 Å². The van der Waals surface area contributed by atoms with Crippen LogP contribution < -0.4 is 0 Å². The molecule has 0 amide bonds. The fourth-order valence-corrected chi connectivity index (χ4v) is 0.553. The molecule has 0 aromatic carbocycles. The van der Waals surface area contributed by atoms with Crippen molar-refractivity contribution in [1.29, 1.82) is 0 Å². The lowest BCUT2D eigenvalue weighted by molar-refractivity contribution is 0.0598. The van der Waals surface area contributed by atoms with Crippen LogP contribution in [0.5, 0.6) is 0 Å². The number of ether oxygens (including phenoxy) is 1. The fraction of sp³-hybridized carbons (Fsp3) is 0.333. The molecule has 0 aliphatic carbocycles. The molecule has 10 heavy (non-hydrogen) atoms. The minimum absolute atomic E-state index is 0.252. The monoisotopic (exact) mass is 140 g/mol. The van der Waals surface area contributed by atoms with Crippen LogP contribution in [0.15, 0.2) is 4.52 Å². The molecule has 0 saturated heterocycles. The molecule has 0 aliphatic rings. The van der Waals surface area contributed by atoms with Crippen molar-refractivity contribution >= 4 is 5.97 Å². The molecule has 0 atom stereocenters. The molecular formula is C6H6NO3. The Morgan fingerprint density at radius 2 is 2.50 bits per heavy atom. The number of carbonyl (C=O) groups excluding carboxylic acids is 1. The maximum Gasteiger partial charge on any atom is 0.343 e. The summed E-state index contributed by atoms with van der Waals surface area (Å²) in [6.07, 6.45) is 2.36. The summed E-state index contributed by atoms with van der Waals surface area (Å²) in [5, 5.41) is 3.29. The van der Waals surface area contributed by atoms with Crippen LogP contribution in [-0.4, -0.2) is 18.2 Å². The van der Waals surface area contributed by atoms with Gasteiger partial charge in [0.25, 0.3) is 0 Å². The predicted octanol–water partition coefficient (Wildman–Crippen LogP) is 0.570. The summed E-state index contributed by atoms with van der Waals surface area (Å²) in [7, 11) is 1.29. The van der Waals surface area contributed by atoms with Crippen molar-refractivity contribution < 1.29 is 14.1 Å². The van der Waals surface area contributed by atoms with Crippen LogP contribution in [0.2, 0.25) is 0 Å². The summed E-state index contributed by atoms with van der Waals surface area (Å²) >= 11 is 0. The van der Waals surface area contributed by atoms with E-state index in [1.807, 2.05) is 0 Å². The number of esters is 1. The molecular weight excluding hydrogens is 134 g/mol. The second-order valence-corrected chi connectivity index (χ2v) is 1.72. The van der Waals surface area contributed by atoms with Crippen molar-refractivity contribution in [1.82, 2.24) is 5.16 Å². The molecule has 0 saturated carbocycles. The third-order valence-corrected chi connectivity index (χ3v) is 1.08. The molecule has 1 rings (SSSR count). The summed E-state index contributed by atoms with van der Waals surface area (Å²) in [6.45, 7) is 1.62. The van der Waals surface area contributed by atoms with Crippen LogP contribution in [0.4, 0.5) is 0 Å². The van der Waals surface area contributed by atoms with Crippen molar-refractivity contribution in [2.75, 3.05) is 7.11 Å². The highest BCUT2D eigenvalue weighted by atomic mass is 16.5. The van der Waals surface area contributed by atoms with Crippen molar-refractivity contribution in [2.45, 2.75) is 6.92 Å². The first kappa shape index (κ1) is 6.80. The van der Waals surface area contributed by atoms with Gasteiger partial charge in [-0.15, -0.1) is 0 Å². The lowest BCUT2D eigenvalue weighted by Crippen LogP contribution is -2.00. The Bertz CT molecular complexity index is 241. The van der Waals surface area contributed by atoms with Crippen LogP contribution in [-0.2, 0) is 4.74 Å². The van der Waals surface area contributed by atoms with Crippen molar-refractivity contribution in [3.63, 3.8) is 0 Å². The Balaban J connectivity index is 2.93. The largest absolute Gasteiger partial charge is 0.465 e. The third-order valence-electron chi connectivity index (χ3n) is 1.08. The van der Waals surface area contributed by atoms with Crippen LogP contribution in [0.3, 0.4) is 0 Å². The molecule has 1 aromatic heterocycles. The van der Waals surface area contributed by atoms with Crippen LogP contribution in [0.25, 0.3) is 0 Å². The summed E-state index contributed by atoms with van der Waals surface area (Å²) in [5.74, 6) is -0.0504. The van der Waals surface area contributed by atoms with Crippen molar-refractivity contribution in [3.05, 3.63) is 17.5 Å². The van der Waals surface area contributed by atoms with E-state index in [1.165, 1.54) is 7.11 Å². The molecule has 1 heterocycles. The van der Waals surface area contributed by atoms with E-state index in [4.69, 9.17) is 0 Å². The fourth-order valence-electron chi connectivity index (χ4n) is 0.553. The Morgan fingerprint density at radius 3 is 2.90 bits per heavy atom. The average molecular weight is 140 g/mol. The van der Waals surface area contributed by atoms with Gasteiger partial charge < -0.3 is 9.26 Å². The summed E-state index contributed by atoms with van der Waals surface area (Å²) in [4.78, 5) is 10.7. The van der Waals surface area contributed by atoms with Crippen LogP contribution in [0, 0.1) is 13.1 Å². The first-order valence-corrected chi connectivity index (χ1v) is 2.68. The van der Waals surface area contributed by atoms with Gasteiger partial charge in [0.2, 0.25) is 0 Å². The molecule has 1 aromatic rings. The van der Waals surface area contributed by atoms with Gasteiger partial charge in [-0.05, 0) is 6.92 Å². The number of hydrogen-bond donors (Lipinski definition) is 0. The molecule has 1 radical (unpaired) electrons. The van der Waals surface area contributed by atoms with Gasteiger partial charge in [-0.3, -0.25) is 0 Å². The second-order valence-electron chi connectivity index (χ2n) is 1.72. The van der Waals surface area contributed by atoms with E-state index >= 15 is 0 Å². The highest BCUT2D eigenvalue weighted by molar-refractivity contribution is 5.89. The van der Waals surface area contributed by atoms with Gasteiger partial charge in [0, 0.05) is 0 Å². The van der Waals surface area contributed by atoms with Gasteiger partial charge in [-0.2, -0.15) is 0 Å². The molecule has 0 N–H and O–H groups in total. The van der Waals surface area contributed by atoms with Gasteiger partial charge in [0.1, 0.15) is 11.3 Å². The smallest absolute Gasteiger partial charge is 0.343 e. The normalized spacial score (nSPS) is 9.40. The SMILES string of the molecule is COC(=O)c1[c]noc1C. The molecule has 0 unspecified atom stereocenters. The molecule has 0 bridgehead atoms. The molecule has 4 nitrogen and oxygen atoms in total. The van der Waals surface area contributed by atoms with Gasteiger partial charge in [0.15, 0.2) is 6.20 Å². The zero-order chi connectivity index (χ0) is 7.56. The van der Waals surface area contributed by atoms with E-state index in [0.29, 0.717) is 5.76 Å². The zero-order valence-corrected chi connectivity index (χ0v) is 5.67. The summed E-state index contributed by atoms with van der Waals surface area (Å²) in [6, 6.07) is 0. The first-order chi connectivity index (χ1) is 4.75. The number of nitrogens with zero attached hydrogens (tertiary/aromatic N) is 1. The highest BCUT2D eigenvalue weighted by Gasteiger charge is 2.12. The van der Waals surface area contributed by atoms with E-state index in [9.17, 15) is 4.79 Å². The number of methoxy groups -OCH3 is 1. The number of hydrogen-bond acceptors (Lipinski definition) is 4. The minimum Gasteiger partial charge on any atom is -0.465 e. The lowest BCUT2D eigenvalue weighted by Gasteiger charge is -1.91. The van der Waals surface area contributed by atoms with Gasteiger partial charge >= 0.3 is 5.97 Å². The predicted molar refractivity (Wildman–Crippen MR) is 31.4 cm³/mol. The Labute approximate surface area is 57.8 Å². The van der Waals surface area contributed by atoms with Gasteiger partial charge in [-0.25, -0.2) is 4.79 Å². The van der Waals surface area contributed by atoms with Gasteiger partial charge in [0.05, 0.1) is 7.11 Å². The summed E-state index contributed by atoms with van der Waals surface area (Å²) in [5.41, 5.74) is 0.252. The molecule has 0 aliphatic heterocycles. The Kier molecular flexibility index (Phi) is 1.71. The Morgan fingerprint density at radius 1 is 1.80 bits per heavy atom. The van der Waals surface area contributed by atoms with E-state index in [2.05, 4.69) is 20.6 Å². The zero-order valence-electron chi connectivity index (χ0n) is 5.67. The van der Waals surface area contributed by atoms with E-state index in [-0.39, 0.29) is 5.56 Å². The first-order valence-electron chi connectivity index (χ1n) is 2.68. The molecule has 0 spiro atoms. The van der Waals surface area contributed by atoms with Crippen LogP contribution in [0.1, 0.15) is 16.1 Å². The number of aryl methyl sites for hydroxylation is 1. The standard InChI is InChI=1S/C6H6NO3/c1-4-5(3-7-10-4)6(8)9-2/h1-2H3. The lowest BCUT2D eigenvalue weighted by atomic mass is 10.3. The van der Waals surface area contributed by atoms with Crippen molar-refractivity contribution in [3.8, 4) is 0 Å². The molecule has 0 fully saturated rings. The maximum absolute atomic E-state index is 10.7. The number of rotatable bonds is 1. The Hall–Kier alpha value is -1.32. The quantitative estimate of drug-likeness (QED) is 0.535. The molecule has 53 valence electrons. The third kappa shape index (κ3) is 1.00. The van der Waals surface area contributed by atoms with Crippen molar-refractivity contribution in [2.24, 2.45) is 0 Å². The number of carbonyl (C=O) groups is 1. The topological polar surface area (TPSA) is 52.3 Å². The molecule has 4 heteroatoms. The minimum atomic E-state index is -0.473. The number of aromatic nitrogens is 1. The van der Waals surface area contributed by atoms with E-state index in [1.54, 1.807) is 6.92 Å². The van der Waals surface area contributed by atoms with E-state index < -0.39 is 5.97 Å². The summed E-state index contributed by atoms with van der Waals surface area (Å²) < 4.78 is 8.99. The van der Waals surface area contributed by atoms with E-state index in [0.717, 1.165) is 0 Å². The van der Waals surface area contributed by atoms with Crippen LogP contribution >= 0.6 is 0 Å².